The first-order valence-corrected chi connectivity index (χ1v) is 8.26. The summed E-state index contributed by atoms with van der Waals surface area (Å²) in [5.74, 6) is 0.784. The zero-order valence-corrected chi connectivity index (χ0v) is 13.5. The Labute approximate surface area is 120 Å². The largest absolute Gasteiger partial charge is 0.0654 e. The third-order valence-electron chi connectivity index (χ3n) is 4.17. The summed E-state index contributed by atoms with van der Waals surface area (Å²) in [4.78, 5) is 0. The molecule has 0 spiro atoms. The lowest BCUT2D eigenvalue weighted by Crippen LogP contribution is -2.02. The first-order valence-electron chi connectivity index (χ1n) is 8.26. The van der Waals surface area contributed by atoms with Crippen molar-refractivity contribution in [3.05, 3.63) is 34.9 Å². The minimum absolute atomic E-state index is 0.784. The Kier molecular flexibility index (Phi) is 7.86. The molecule has 1 unspecified atom stereocenters. The van der Waals surface area contributed by atoms with Crippen LogP contribution in [0.2, 0.25) is 0 Å². The highest BCUT2D eigenvalue weighted by Gasteiger charge is 2.12. The second kappa shape index (κ2) is 9.18. The highest BCUT2D eigenvalue weighted by molar-refractivity contribution is 5.33. The fraction of sp³-hybridized carbons (Fsp3) is 0.684. The van der Waals surface area contributed by atoms with Gasteiger partial charge in [0.15, 0.2) is 0 Å². The van der Waals surface area contributed by atoms with Gasteiger partial charge in [-0.1, -0.05) is 76.1 Å². The minimum Gasteiger partial charge on any atom is -0.0654 e. The highest BCUT2D eigenvalue weighted by atomic mass is 14.2. The summed E-state index contributed by atoms with van der Waals surface area (Å²) in [5, 5.41) is 0. The summed E-state index contributed by atoms with van der Waals surface area (Å²) in [7, 11) is 0. The lowest BCUT2D eigenvalue weighted by Gasteiger charge is -2.19. The fourth-order valence-electron chi connectivity index (χ4n) is 3.00. The van der Waals surface area contributed by atoms with E-state index >= 15 is 0 Å². The van der Waals surface area contributed by atoms with Crippen molar-refractivity contribution in [1.82, 2.24) is 0 Å². The van der Waals surface area contributed by atoms with E-state index in [1.54, 1.807) is 5.56 Å². The van der Waals surface area contributed by atoms with Gasteiger partial charge in [-0.25, -0.2) is 0 Å². The van der Waals surface area contributed by atoms with Crippen LogP contribution in [0.5, 0.6) is 0 Å². The summed E-state index contributed by atoms with van der Waals surface area (Å²) in [5.41, 5.74) is 4.50. The molecule has 0 aromatic heterocycles. The average Bonchev–Trinajstić information content (AvgIpc) is 2.40. The van der Waals surface area contributed by atoms with E-state index in [-0.39, 0.29) is 0 Å². The Bertz CT molecular complexity index is 351. The van der Waals surface area contributed by atoms with Crippen LogP contribution in [0, 0.1) is 13.8 Å². The summed E-state index contributed by atoms with van der Waals surface area (Å²) in [6, 6.07) is 6.95. The van der Waals surface area contributed by atoms with Crippen LogP contribution in [-0.2, 0) is 0 Å². The first kappa shape index (κ1) is 16.3. The molecule has 0 aliphatic carbocycles. The van der Waals surface area contributed by atoms with Gasteiger partial charge in [0.25, 0.3) is 0 Å². The van der Waals surface area contributed by atoms with Gasteiger partial charge in [-0.15, -0.1) is 0 Å². The van der Waals surface area contributed by atoms with Gasteiger partial charge < -0.3 is 0 Å². The van der Waals surface area contributed by atoms with Crippen LogP contribution >= 0.6 is 0 Å². The third kappa shape index (κ3) is 5.80. The molecule has 0 bridgehead atoms. The number of unbranched alkanes of at least 4 members (excludes halogenated alkanes) is 4. The van der Waals surface area contributed by atoms with Crippen LogP contribution in [0.4, 0.5) is 0 Å². The second-order valence-electron chi connectivity index (χ2n) is 6.05. The van der Waals surface area contributed by atoms with E-state index in [0.29, 0.717) is 0 Å². The second-order valence-corrected chi connectivity index (χ2v) is 6.05. The molecule has 19 heavy (non-hydrogen) atoms. The lowest BCUT2D eigenvalue weighted by molar-refractivity contribution is 0.514. The molecular weight excluding hydrogens is 228 g/mol. The van der Waals surface area contributed by atoms with Gasteiger partial charge in [0.05, 0.1) is 0 Å². The standard InChI is InChI=1S/C19H32/c1-5-7-8-9-10-12-18(11-6-2)19-15-16(3)13-14-17(19)4/h13-15,18H,5-12H2,1-4H3. The predicted octanol–water partition coefficient (Wildman–Crippen LogP) is 6.55. The van der Waals surface area contributed by atoms with E-state index < -0.39 is 0 Å². The molecule has 1 aromatic carbocycles. The van der Waals surface area contributed by atoms with E-state index in [1.807, 2.05) is 0 Å². The molecule has 0 saturated carbocycles. The molecule has 0 aliphatic heterocycles. The molecule has 0 saturated heterocycles. The van der Waals surface area contributed by atoms with E-state index in [9.17, 15) is 0 Å². The minimum atomic E-state index is 0.784. The van der Waals surface area contributed by atoms with Gasteiger partial charge in [-0.3, -0.25) is 0 Å². The zero-order valence-electron chi connectivity index (χ0n) is 13.5. The van der Waals surface area contributed by atoms with Gasteiger partial charge in [-0.2, -0.15) is 0 Å². The van der Waals surface area contributed by atoms with Crippen LogP contribution < -0.4 is 0 Å². The first-order chi connectivity index (χ1) is 9.19. The molecule has 0 fully saturated rings. The fourth-order valence-corrected chi connectivity index (χ4v) is 3.00. The molecule has 0 heteroatoms. The van der Waals surface area contributed by atoms with Crippen LogP contribution in [0.1, 0.15) is 87.8 Å². The SMILES string of the molecule is CCCCCCCC(CCC)c1cc(C)ccc1C. The predicted molar refractivity (Wildman–Crippen MR) is 86.9 cm³/mol. The Morgan fingerprint density at radius 1 is 0.842 bits per heavy atom. The topological polar surface area (TPSA) is 0 Å². The van der Waals surface area contributed by atoms with Crippen molar-refractivity contribution in [3.63, 3.8) is 0 Å². The summed E-state index contributed by atoms with van der Waals surface area (Å²) in [6.45, 7) is 9.09. The maximum absolute atomic E-state index is 2.42. The number of hydrogen-bond acceptors (Lipinski definition) is 0. The van der Waals surface area contributed by atoms with Crippen LogP contribution in [0.3, 0.4) is 0 Å². The van der Waals surface area contributed by atoms with Crippen molar-refractivity contribution < 1.29 is 0 Å². The molecule has 0 heterocycles. The number of aryl methyl sites for hydroxylation is 2. The van der Waals surface area contributed by atoms with Crippen molar-refractivity contribution >= 4 is 0 Å². The lowest BCUT2D eigenvalue weighted by atomic mass is 9.86. The molecule has 1 rings (SSSR count). The molecule has 1 atom stereocenters. The molecular formula is C19H32. The van der Waals surface area contributed by atoms with Crippen LogP contribution in [0.15, 0.2) is 18.2 Å². The third-order valence-corrected chi connectivity index (χ3v) is 4.17. The van der Waals surface area contributed by atoms with Crippen molar-refractivity contribution in [2.75, 3.05) is 0 Å². The quantitative estimate of drug-likeness (QED) is 0.442. The number of hydrogen-bond donors (Lipinski definition) is 0. The van der Waals surface area contributed by atoms with Crippen molar-refractivity contribution in [2.45, 2.75) is 85.0 Å². The number of rotatable bonds is 9. The Balaban J connectivity index is 2.58. The van der Waals surface area contributed by atoms with Crippen molar-refractivity contribution in [3.8, 4) is 0 Å². The molecule has 0 radical (unpaired) electrons. The van der Waals surface area contributed by atoms with Crippen molar-refractivity contribution in [1.29, 1.82) is 0 Å². The normalized spacial score (nSPS) is 12.6. The molecule has 0 nitrogen and oxygen atoms in total. The average molecular weight is 260 g/mol. The van der Waals surface area contributed by atoms with Crippen LogP contribution in [0.25, 0.3) is 0 Å². The van der Waals surface area contributed by atoms with Gasteiger partial charge in [-0.05, 0) is 43.7 Å². The zero-order chi connectivity index (χ0) is 14.1. The maximum Gasteiger partial charge on any atom is -0.0159 e. The van der Waals surface area contributed by atoms with Crippen LogP contribution in [-0.4, -0.2) is 0 Å². The smallest absolute Gasteiger partial charge is 0.0159 e. The molecule has 1 aromatic rings. The molecule has 0 aliphatic rings. The molecule has 0 amide bonds. The molecule has 108 valence electrons. The van der Waals surface area contributed by atoms with E-state index in [2.05, 4.69) is 45.9 Å². The van der Waals surface area contributed by atoms with E-state index in [4.69, 9.17) is 0 Å². The number of benzene rings is 1. The van der Waals surface area contributed by atoms with Gasteiger partial charge in [0.2, 0.25) is 0 Å². The van der Waals surface area contributed by atoms with Crippen molar-refractivity contribution in [2.24, 2.45) is 0 Å². The highest BCUT2D eigenvalue weighted by Crippen LogP contribution is 2.30. The van der Waals surface area contributed by atoms with Gasteiger partial charge in [0.1, 0.15) is 0 Å². The Hall–Kier alpha value is -0.780. The van der Waals surface area contributed by atoms with Gasteiger partial charge in [0, 0.05) is 0 Å². The monoisotopic (exact) mass is 260 g/mol. The Morgan fingerprint density at radius 2 is 1.58 bits per heavy atom. The summed E-state index contributed by atoms with van der Waals surface area (Å²) in [6.07, 6.45) is 11.0. The molecule has 0 N–H and O–H groups in total. The Morgan fingerprint density at radius 3 is 2.26 bits per heavy atom. The van der Waals surface area contributed by atoms with E-state index in [1.165, 1.54) is 62.5 Å². The summed E-state index contributed by atoms with van der Waals surface area (Å²) < 4.78 is 0. The summed E-state index contributed by atoms with van der Waals surface area (Å²) >= 11 is 0. The van der Waals surface area contributed by atoms with Gasteiger partial charge >= 0.3 is 0 Å². The van der Waals surface area contributed by atoms with E-state index in [0.717, 1.165) is 5.92 Å². The maximum atomic E-state index is 2.42.